The number of alkyl halides is 7. The van der Waals surface area contributed by atoms with Gasteiger partial charge in [0.2, 0.25) is 5.54 Å². The highest BCUT2D eigenvalue weighted by molar-refractivity contribution is 7.89. The van der Waals surface area contributed by atoms with Crippen LogP contribution in [0.3, 0.4) is 0 Å². The molecule has 0 aromatic heterocycles. The van der Waals surface area contributed by atoms with Gasteiger partial charge < -0.3 is 5.32 Å². The van der Waals surface area contributed by atoms with Gasteiger partial charge in [-0.15, -0.1) is 4.83 Å². The zero-order chi connectivity index (χ0) is 20.4. The molecule has 0 atom stereocenters. The first-order chi connectivity index (χ1) is 11.6. The van der Waals surface area contributed by atoms with Crippen molar-refractivity contribution in [2.45, 2.75) is 36.4 Å². The number of carbonyl (C=O) groups excluding carboxylic acids is 1. The Morgan fingerprint density at radius 1 is 1.00 bits per heavy atom. The van der Waals surface area contributed by atoms with Crippen molar-refractivity contribution < 1.29 is 43.9 Å². The smallest absolute Gasteiger partial charge is 0.315 e. The van der Waals surface area contributed by atoms with Crippen LogP contribution in [0.5, 0.6) is 0 Å². The number of nitrogens with one attached hydrogen (secondary N) is 3. The molecule has 1 rings (SSSR count). The molecule has 0 unspecified atom stereocenters. The van der Waals surface area contributed by atoms with Crippen molar-refractivity contribution in [1.82, 2.24) is 15.6 Å². The molecule has 0 bridgehead atoms. The van der Waals surface area contributed by atoms with Crippen LogP contribution < -0.4 is 15.6 Å². The Morgan fingerprint density at radius 2 is 1.46 bits per heavy atom. The lowest BCUT2D eigenvalue weighted by molar-refractivity contribution is -0.297. The van der Waals surface area contributed by atoms with Crippen LogP contribution in [0.4, 0.5) is 35.5 Å². The second-order valence-electron chi connectivity index (χ2n) is 5.08. The number of hydrazine groups is 1. The van der Waals surface area contributed by atoms with Crippen LogP contribution in [-0.4, -0.2) is 32.3 Å². The van der Waals surface area contributed by atoms with Crippen molar-refractivity contribution in [3.05, 3.63) is 29.8 Å². The minimum atomic E-state index is -5.90. The summed E-state index contributed by atoms with van der Waals surface area (Å²) >= 11 is 0. The first-order valence-electron chi connectivity index (χ1n) is 6.52. The second-order valence-corrected chi connectivity index (χ2v) is 6.77. The van der Waals surface area contributed by atoms with E-state index in [0.717, 1.165) is 24.3 Å². The monoisotopic (exact) mass is 411 g/mol. The van der Waals surface area contributed by atoms with Gasteiger partial charge in [-0.2, -0.15) is 26.3 Å². The van der Waals surface area contributed by atoms with Gasteiger partial charge in [0.25, 0.3) is 10.0 Å². The Kier molecular flexibility index (Phi) is 6.13. The molecule has 0 radical (unpaired) electrons. The van der Waals surface area contributed by atoms with Crippen LogP contribution in [-0.2, 0) is 16.7 Å². The summed E-state index contributed by atoms with van der Waals surface area (Å²) in [5.41, 5.74) is -3.30. The zero-order valence-electron chi connectivity index (χ0n) is 12.8. The Labute approximate surface area is 142 Å². The van der Waals surface area contributed by atoms with Crippen molar-refractivity contribution in [2.75, 3.05) is 0 Å². The number of urea groups is 1. The molecule has 0 fully saturated rings. The molecule has 0 aliphatic rings. The normalized spacial score (nSPS) is 13.4. The molecule has 2 amide bonds. The summed E-state index contributed by atoms with van der Waals surface area (Å²) in [6, 6.07) is 1.92. The van der Waals surface area contributed by atoms with Gasteiger partial charge in [-0.25, -0.2) is 17.6 Å². The summed E-state index contributed by atoms with van der Waals surface area (Å²) in [7, 11) is -4.51. The van der Waals surface area contributed by atoms with E-state index in [9.17, 15) is 43.9 Å². The van der Waals surface area contributed by atoms with Gasteiger partial charge in [0.1, 0.15) is 6.67 Å². The number of amides is 2. The first kappa shape index (κ1) is 22.0. The molecular formula is C12H12F7N3O3S. The van der Waals surface area contributed by atoms with E-state index in [4.69, 9.17) is 0 Å². The minimum absolute atomic E-state index is 0.126. The van der Waals surface area contributed by atoms with Crippen molar-refractivity contribution >= 4 is 16.1 Å². The average Bonchev–Trinajstić information content (AvgIpc) is 2.51. The fourth-order valence-corrected chi connectivity index (χ4v) is 2.33. The summed E-state index contributed by atoms with van der Waals surface area (Å²) in [5.74, 6) is 0. The van der Waals surface area contributed by atoms with Gasteiger partial charge >= 0.3 is 18.4 Å². The Bertz CT molecular complexity index is 731. The third-order valence-corrected chi connectivity index (χ3v) is 4.45. The number of hydrogen-bond acceptors (Lipinski definition) is 3. The van der Waals surface area contributed by atoms with Gasteiger partial charge in [0.15, 0.2) is 0 Å². The minimum Gasteiger partial charge on any atom is -0.315 e. The fourth-order valence-electron chi connectivity index (χ4n) is 1.49. The number of hydrogen-bond donors (Lipinski definition) is 3. The summed E-state index contributed by atoms with van der Waals surface area (Å²) in [6.07, 6.45) is -11.8. The van der Waals surface area contributed by atoms with E-state index in [1.54, 1.807) is 0 Å². The van der Waals surface area contributed by atoms with Crippen molar-refractivity contribution in [3.63, 3.8) is 0 Å². The van der Waals surface area contributed by atoms with Crippen LogP contribution in [0.1, 0.15) is 12.5 Å². The number of benzene rings is 1. The van der Waals surface area contributed by atoms with Crippen molar-refractivity contribution in [1.29, 1.82) is 0 Å². The van der Waals surface area contributed by atoms with Gasteiger partial charge in [-0.05, 0) is 24.6 Å². The average molecular weight is 411 g/mol. The van der Waals surface area contributed by atoms with Gasteiger partial charge in [0, 0.05) is 0 Å². The lowest BCUT2D eigenvalue weighted by Gasteiger charge is -2.34. The number of rotatable bonds is 5. The third kappa shape index (κ3) is 4.75. The predicted molar refractivity (Wildman–Crippen MR) is 73.8 cm³/mol. The molecule has 0 saturated carbocycles. The SMILES string of the molecule is CC(NC(=O)NNS(=O)(=O)c1ccc(CF)cc1)(C(F)(F)F)C(F)(F)F. The zero-order valence-corrected chi connectivity index (χ0v) is 13.6. The lowest BCUT2D eigenvalue weighted by atomic mass is 10.0. The highest BCUT2D eigenvalue weighted by atomic mass is 32.2. The molecule has 0 spiro atoms. The topological polar surface area (TPSA) is 87.3 Å². The molecule has 0 aliphatic heterocycles. The van der Waals surface area contributed by atoms with E-state index >= 15 is 0 Å². The molecule has 0 heterocycles. The van der Waals surface area contributed by atoms with Crippen LogP contribution in [0.2, 0.25) is 0 Å². The van der Waals surface area contributed by atoms with Crippen LogP contribution in [0.25, 0.3) is 0 Å². The van der Waals surface area contributed by atoms with Crippen LogP contribution in [0.15, 0.2) is 29.2 Å². The first-order valence-corrected chi connectivity index (χ1v) is 8.00. The van der Waals surface area contributed by atoms with E-state index in [0.29, 0.717) is 5.32 Å². The molecular weight excluding hydrogens is 399 g/mol. The largest absolute Gasteiger partial charge is 0.420 e. The van der Waals surface area contributed by atoms with Crippen LogP contribution in [0, 0.1) is 0 Å². The van der Waals surface area contributed by atoms with Crippen LogP contribution >= 0.6 is 0 Å². The molecule has 6 nitrogen and oxygen atoms in total. The molecule has 1 aromatic rings. The number of halogens is 7. The second kappa shape index (κ2) is 7.26. The molecule has 0 saturated heterocycles. The molecule has 148 valence electrons. The summed E-state index contributed by atoms with van der Waals surface area (Å²) < 4.78 is 112. The van der Waals surface area contributed by atoms with Crippen molar-refractivity contribution in [3.8, 4) is 0 Å². The predicted octanol–water partition coefficient (Wildman–Crippen LogP) is 2.53. The van der Waals surface area contributed by atoms with E-state index < -0.39 is 45.5 Å². The Morgan fingerprint density at radius 3 is 1.85 bits per heavy atom. The highest BCUT2D eigenvalue weighted by Gasteiger charge is 2.68. The van der Waals surface area contributed by atoms with Gasteiger partial charge in [-0.1, -0.05) is 12.1 Å². The summed E-state index contributed by atoms with van der Waals surface area (Å²) in [5, 5.41) is 0.639. The standard InChI is InChI=1S/C12H12F7N3O3S/c1-10(11(14,15)16,12(17,18)19)20-9(23)21-22-26(24,25)8-4-2-7(6-13)3-5-8/h2-5,22H,6H2,1H3,(H2,20,21,23). The Hall–Kier alpha value is -2.09. The maximum absolute atomic E-state index is 12.6. The van der Waals surface area contributed by atoms with Crippen molar-refractivity contribution in [2.24, 2.45) is 0 Å². The third-order valence-electron chi connectivity index (χ3n) is 3.18. The highest BCUT2D eigenvalue weighted by Crippen LogP contribution is 2.42. The van der Waals surface area contributed by atoms with E-state index in [1.807, 2.05) is 0 Å². The maximum atomic E-state index is 12.6. The number of sulfonamides is 1. The van der Waals surface area contributed by atoms with E-state index in [2.05, 4.69) is 0 Å². The molecule has 26 heavy (non-hydrogen) atoms. The van der Waals surface area contributed by atoms with E-state index in [-0.39, 0.29) is 12.5 Å². The molecule has 1 aromatic carbocycles. The molecule has 0 aliphatic carbocycles. The summed E-state index contributed by atoms with van der Waals surface area (Å²) in [6.45, 7) is -1.21. The van der Waals surface area contributed by atoms with Gasteiger partial charge in [0.05, 0.1) is 4.90 Å². The lowest BCUT2D eigenvalue weighted by Crippen LogP contribution is -2.67. The molecule has 14 heteroatoms. The van der Waals surface area contributed by atoms with E-state index in [1.165, 1.54) is 10.3 Å². The maximum Gasteiger partial charge on any atom is 0.420 e. The number of carbonyl (C=O) groups is 1. The summed E-state index contributed by atoms with van der Waals surface area (Å²) in [4.78, 5) is 12.1. The van der Waals surface area contributed by atoms with Gasteiger partial charge in [-0.3, -0.25) is 5.43 Å². The molecule has 3 N–H and O–H groups in total. The quantitative estimate of drug-likeness (QED) is 0.514. The fraction of sp³-hybridized carbons (Fsp3) is 0.417. The Balaban J connectivity index is 2.87.